The zero-order valence-corrected chi connectivity index (χ0v) is 9.62. The first kappa shape index (κ1) is 12.3. The molecule has 0 atom stereocenters. The van der Waals surface area contributed by atoms with E-state index < -0.39 is 5.97 Å². The predicted octanol–water partition coefficient (Wildman–Crippen LogP) is 2.50. The number of allylic oxidation sites excluding steroid dienone is 1. The van der Waals surface area contributed by atoms with Gasteiger partial charge >= 0.3 is 5.97 Å². The van der Waals surface area contributed by atoms with Crippen LogP contribution in [0.4, 0.5) is 0 Å². The lowest BCUT2D eigenvalue weighted by Gasteiger charge is -2.14. The van der Waals surface area contributed by atoms with Crippen LogP contribution in [-0.2, 0) is 11.2 Å². The molecule has 3 nitrogen and oxygen atoms in total. The Balaban J connectivity index is 3.06. The maximum Gasteiger partial charge on any atom is 0.341 e. The van der Waals surface area contributed by atoms with Crippen molar-refractivity contribution in [2.24, 2.45) is 0 Å². The monoisotopic (exact) mass is 220 g/mol. The molecule has 0 saturated carbocycles. The first-order valence-electron chi connectivity index (χ1n) is 5.10. The lowest BCUT2D eigenvalue weighted by molar-refractivity contribution is -0.139. The molecule has 0 aliphatic heterocycles. The van der Waals surface area contributed by atoms with Crippen LogP contribution in [0.5, 0.6) is 5.75 Å². The Bertz CT molecular complexity index is 408. The van der Waals surface area contributed by atoms with E-state index >= 15 is 0 Å². The Morgan fingerprint density at radius 2 is 2.06 bits per heavy atom. The number of hydrogen-bond acceptors (Lipinski definition) is 2. The number of carbonyl (C=O) groups is 1. The first-order valence-corrected chi connectivity index (χ1v) is 5.10. The number of ether oxygens (including phenoxy) is 1. The fourth-order valence-corrected chi connectivity index (χ4v) is 1.58. The normalized spacial score (nSPS) is 9.88. The van der Waals surface area contributed by atoms with Crippen LogP contribution < -0.4 is 4.74 Å². The zero-order chi connectivity index (χ0) is 12.1. The molecule has 0 unspecified atom stereocenters. The molecule has 0 spiro atoms. The summed E-state index contributed by atoms with van der Waals surface area (Å²) in [4.78, 5) is 10.5. The largest absolute Gasteiger partial charge is 0.481 e. The van der Waals surface area contributed by atoms with Gasteiger partial charge in [-0.05, 0) is 31.4 Å². The van der Waals surface area contributed by atoms with Gasteiger partial charge in [-0.2, -0.15) is 0 Å². The van der Waals surface area contributed by atoms with Crippen LogP contribution in [0.25, 0.3) is 0 Å². The summed E-state index contributed by atoms with van der Waals surface area (Å²) in [6.45, 7) is 7.26. The number of carboxylic acid groups (broad SMARTS) is 1. The van der Waals surface area contributed by atoms with Gasteiger partial charge in [-0.15, -0.1) is 6.58 Å². The van der Waals surface area contributed by atoms with Crippen LogP contribution in [0.15, 0.2) is 24.8 Å². The van der Waals surface area contributed by atoms with E-state index in [2.05, 4.69) is 6.58 Å². The molecular weight excluding hydrogens is 204 g/mol. The summed E-state index contributed by atoms with van der Waals surface area (Å²) in [7, 11) is 0. The summed E-state index contributed by atoms with van der Waals surface area (Å²) >= 11 is 0. The SMILES string of the molecule is C=CCc1c(C)ccc(C)c1OCC(=O)O. The highest BCUT2D eigenvalue weighted by Gasteiger charge is 2.10. The highest BCUT2D eigenvalue weighted by molar-refractivity contribution is 5.68. The molecule has 0 fully saturated rings. The number of rotatable bonds is 5. The highest BCUT2D eigenvalue weighted by atomic mass is 16.5. The van der Waals surface area contributed by atoms with Gasteiger partial charge in [0.25, 0.3) is 0 Å². The molecule has 0 amide bonds. The summed E-state index contributed by atoms with van der Waals surface area (Å²) in [5.41, 5.74) is 3.05. The van der Waals surface area contributed by atoms with Crippen molar-refractivity contribution in [3.63, 3.8) is 0 Å². The second kappa shape index (κ2) is 5.35. The van der Waals surface area contributed by atoms with Crippen molar-refractivity contribution in [2.75, 3.05) is 6.61 Å². The van der Waals surface area contributed by atoms with Crippen molar-refractivity contribution < 1.29 is 14.6 Å². The van der Waals surface area contributed by atoms with Crippen molar-refractivity contribution in [3.05, 3.63) is 41.5 Å². The summed E-state index contributed by atoms with van der Waals surface area (Å²) < 4.78 is 5.32. The minimum Gasteiger partial charge on any atom is -0.481 e. The van der Waals surface area contributed by atoms with Gasteiger partial charge in [-0.25, -0.2) is 4.79 Å². The number of aryl methyl sites for hydroxylation is 2. The van der Waals surface area contributed by atoms with Crippen LogP contribution in [0, 0.1) is 13.8 Å². The molecule has 0 aliphatic rings. The molecule has 1 aromatic carbocycles. The Morgan fingerprint density at radius 3 is 2.62 bits per heavy atom. The minimum absolute atomic E-state index is 0.311. The fraction of sp³-hybridized carbons (Fsp3) is 0.308. The van der Waals surface area contributed by atoms with Gasteiger partial charge in [0.15, 0.2) is 6.61 Å². The molecule has 0 radical (unpaired) electrons. The van der Waals surface area contributed by atoms with E-state index in [1.165, 1.54) is 0 Å². The van der Waals surface area contributed by atoms with Crippen molar-refractivity contribution in [2.45, 2.75) is 20.3 Å². The Hall–Kier alpha value is -1.77. The van der Waals surface area contributed by atoms with Gasteiger partial charge < -0.3 is 9.84 Å². The topological polar surface area (TPSA) is 46.5 Å². The second-order valence-corrected chi connectivity index (χ2v) is 3.68. The summed E-state index contributed by atoms with van der Waals surface area (Å²) in [5, 5.41) is 8.61. The third kappa shape index (κ3) is 2.86. The fourth-order valence-electron chi connectivity index (χ4n) is 1.58. The lowest BCUT2D eigenvalue weighted by atomic mass is 10.0. The summed E-state index contributed by atoms with van der Waals surface area (Å²) in [5.74, 6) is -0.298. The van der Waals surface area contributed by atoms with E-state index in [1.54, 1.807) is 6.08 Å². The van der Waals surface area contributed by atoms with Gasteiger partial charge in [-0.3, -0.25) is 0 Å². The van der Waals surface area contributed by atoms with Crippen LogP contribution in [-0.4, -0.2) is 17.7 Å². The highest BCUT2D eigenvalue weighted by Crippen LogP contribution is 2.27. The van der Waals surface area contributed by atoms with Crippen molar-refractivity contribution in [3.8, 4) is 5.75 Å². The summed E-state index contributed by atoms with van der Waals surface area (Å²) in [6.07, 6.45) is 2.47. The average Bonchev–Trinajstić information content (AvgIpc) is 2.22. The zero-order valence-electron chi connectivity index (χ0n) is 9.62. The maximum absolute atomic E-state index is 10.5. The quantitative estimate of drug-likeness (QED) is 0.775. The molecular formula is C13H16O3. The standard InChI is InChI=1S/C13H16O3/c1-4-5-11-9(2)6-7-10(3)13(11)16-8-12(14)15/h4,6-7H,1,5,8H2,2-3H3,(H,14,15). The molecule has 0 heterocycles. The molecule has 16 heavy (non-hydrogen) atoms. The number of benzene rings is 1. The van der Waals surface area contributed by atoms with Gasteiger partial charge in [-0.1, -0.05) is 18.2 Å². The molecule has 0 bridgehead atoms. The molecule has 0 saturated heterocycles. The molecule has 0 aliphatic carbocycles. The first-order chi connectivity index (χ1) is 7.56. The van der Waals surface area contributed by atoms with Crippen LogP contribution in [0.2, 0.25) is 0 Å². The molecule has 1 rings (SSSR count). The predicted molar refractivity (Wildman–Crippen MR) is 62.9 cm³/mol. The van der Waals surface area contributed by atoms with Gasteiger partial charge in [0.1, 0.15) is 5.75 Å². The second-order valence-electron chi connectivity index (χ2n) is 3.68. The van der Waals surface area contributed by atoms with Gasteiger partial charge in [0, 0.05) is 5.56 Å². The molecule has 86 valence electrons. The van der Waals surface area contributed by atoms with E-state index in [0.29, 0.717) is 12.2 Å². The van der Waals surface area contributed by atoms with E-state index in [0.717, 1.165) is 16.7 Å². The van der Waals surface area contributed by atoms with Crippen LogP contribution in [0.1, 0.15) is 16.7 Å². The van der Waals surface area contributed by atoms with Crippen molar-refractivity contribution >= 4 is 5.97 Å². The minimum atomic E-state index is -0.967. The van der Waals surface area contributed by atoms with Gasteiger partial charge in [0.2, 0.25) is 0 Å². The number of carboxylic acids is 1. The van der Waals surface area contributed by atoms with Crippen molar-refractivity contribution in [1.29, 1.82) is 0 Å². The van der Waals surface area contributed by atoms with E-state index in [4.69, 9.17) is 9.84 Å². The molecule has 0 aromatic heterocycles. The third-order valence-corrected chi connectivity index (χ3v) is 2.38. The van der Waals surface area contributed by atoms with Crippen LogP contribution >= 0.6 is 0 Å². The Kier molecular flexibility index (Phi) is 4.11. The average molecular weight is 220 g/mol. The third-order valence-electron chi connectivity index (χ3n) is 2.38. The maximum atomic E-state index is 10.5. The van der Waals surface area contributed by atoms with Gasteiger partial charge in [0.05, 0.1) is 0 Å². The van der Waals surface area contributed by atoms with E-state index in [-0.39, 0.29) is 6.61 Å². The van der Waals surface area contributed by atoms with E-state index in [9.17, 15) is 4.79 Å². The summed E-state index contributed by atoms with van der Waals surface area (Å²) in [6, 6.07) is 3.93. The molecule has 3 heteroatoms. The van der Waals surface area contributed by atoms with E-state index in [1.807, 2.05) is 26.0 Å². The molecule has 1 aromatic rings. The van der Waals surface area contributed by atoms with Crippen molar-refractivity contribution in [1.82, 2.24) is 0 Å². The lowest BCUT2D eigenvalue weighted by Crippen LogP contribution is -2.11. The number of aliphatic carboxylic acids is 1. The number of hydrogen-bond donors (Lipinski definition) is 1. The Labute approximate surface area is 95.4 Å². The smallest absolute Gasteiger partial charge is 0.341 e. The Morgan fingerprint density at radius 1 is 1.44 bits per heavy atom. The molecule has 1 N–H and O–H groups in total. The van der Waals surface area contributed by atoms with Crippen LogP contribution in [0.3, 0.4) is 0 Å².